The Morgan fingerprint density at radius 3 is 2.61 bits per heavy atom. The van der Waals surface area contributed by atoms with Gasteiger partial charge < -0.3 is 15.7 Å². The van der Waals surface area contributed by atoms with Crippen LogP contribution in [0.3, 0.4) is 0 Å². The summed E-state index contributed by atoms with van der Waals surface area (Å²) in [6.45, 7) is 6.96. The fourth-order valence-electron chi connectivity index (χ4n) is 1.76. The molecule has 100 valence electrons. The highest BCUT2D eigenvalue weighted by atomic mass is 16.3. The molecule has 0 unspecified atom stereocenters. The van der Waals surface area contributed by atoms with E-state index < -0.39 is 0 Å². The van der Waals surface area contributed by atoms with E-state index >= 15 is 0 Å². The first kappa shape index (κ1) is 14.5. The zero-order chi connectivity index (χ0) is 13.7. The average Bonchev–Trinajstić information content (AvgIpc) is 2.32. The fourth-order valence-corrected chi connectivity index (χ4v) is 1.76. The number of nitrogens with zero attached hydrogens (tertiary/aromatic N) is 1. The van der Waals surface area contributed by atoms with Crippen LogP contribution in [0.5, 0.6) is 5.75 Å². The van der Waals surface area contributed by atoms with E-state index in [0.29, 0.717) is 18.7 Å². The van der Waals surface area contributed by atoms with Gasteiger partial charge in [0, 0.05) is 18.2 Å². The lowest BCUT2D eigenvalue weighted by Crippen LogP contribution is -2.38. The van der Waals surface area contributed by atoms with Gasteiger partial charge in [-0.3, -0.25) is 4.79 Å². The second-order valence-corrected chi connectivity index (χ2v) is 4.74. The Morgan fingerprint density at radius 1 is 1.44 bits per heavy atom. The van der Waals surface area contributed by atoms with E-state index in [9.17, 15) is 9.90 Å². The molecule has 0 radical (unpaired) electrons. The summed E-state index contributed by atoms with van der Waals surface area (Å²) in [6, 6.07) is 5.14. The zero-order valence-corrected chi connectivity index (χ0v) is 11.3. The SMILES string of the molecule is Cc1ccc(C(=O)N(CCCN)C(C)C)cc1O. The van der Waals surface area contributed by atoms with Gasteiger partial charge in [0.25, 0.3) is 5.91 Å². The van der Waals surface area contributed by atoms with Gasteiger partial charge in [-0.2, -0.15) is 0 Å². The monoisotopic (exact) mass is 250 g/mol. The van der Waals surface area contributed by atoms with E-state index in [0.717, 1.165) is 12.0 Å². The fraction of sp³-hybridized carbons (Fsp3) is 0.500. The summed E-state index contributed by atoms with van der Waals surface area (Å²) >= 11 is 0. The first-order valence-corrected chi connectivity index (χ1v) is 6.28. The van der Waals surface area contributed by atoms with Crippen molar-refractivity contribution in [2.24, 2.45) is 5.73 Å². The molecule has 18 heavy (non-hydrogen) atoms. The molecule has 0 aliphatic rings. The Morgan fingerprint density at radius 2 is 2.11 bits per heavy atom. The number of amides is 1. The number of phenolic OH excluding ortho intramolecular Hbond substituents is 1. The lowest BCUT2D eigenvalue weighted by atomic mass is 10.1. The first-order valence-electron chi connectivity index (χ1n) is 6.28. The Balaban J connectivity index is 2.91. The predicted octanol–water partition coefficient (Wildman–Crippen LogP) is 1.90. The van der Waals surface area contributed by atoms with Crippen molar-refractivity contribution in [2.45, 2.75) is 33.2 Å². The molecule has 0 aliphatic carbocycles. The summed E-state index contributed by atoms with van der Waals surface area (Å²) in [7, 11) is 0. The van der Waals surface area contributed by atoms with Crippen molar-refractivity contribution in [2.75, 3.05) is 13.1 Å². The second-order valence-electron chi connectivity index (χ2n) is 4.74. The normalized spacial score (nSPS) is 10.7. The topological polar surface area (TPSA) is 66.6 Å². The van der Waals surface area contributed by atoms with Gasteiger partial charge in [-0.15, -0.1) is 0 Å². The lowest BCUT2D eigenvalue weighted by molar-refractivity contribution is 0.0704. The van der Waals surface area contributed by atoms with Crippen LogP contribution >= 0.6 is 0 Å². The number of phenols is 1. The molecule has 0 fully saturated rings. The number of aryl methyl sites for hydroxylation is 1. The van der Waals surface area contributed by atoms with Gasteiger partial charge in [0.15, 0.2) is 0 Å². The van der Waals surface area contributed by atoms with Crippen molar-refractivity contribution in [3.63, 3.8) is 0 Å². The van der Waals surface area contributed by atoms with E-state index in [1.165, 1.54) is 6.07 Å². The van der Waals surface area contributed by atoms with Gasteiger partial charge in [-0.1, -0.05) is 6.07 Å². The summed E-state index contributed by atoms with van der Waals surface area (Å²) < 4.78 is 0. The Labute approximate surface area is 108 Å². The molecule has 0 spiro atoms. The largest absolute Gasteiger partial charge is 0.508 e. The third-order valence-electron chi connectivity index (χ3n) is 2.94. The maximum Gasteiger partial charge on any atom is 0.254 e. The number of aromatic hydroxyl groups is 1. The number of nitrogens with two attached hydrogens (primary N) is 1. The van der Waals surface area contributed by atoms with Crippen LogP contribution in [0.25, 0.3) is 0 Å². The van der Waals surface area contributed by atoms with Crippen LogP contribution in [0.2, 0.25) is 0 Å². The number of rotatable bonds is 5. The molecule has 0 aromatic heterocycles. The minimum absolute atomic E-state index is 0.0613. The third kappa shape index (κ3) is 3.47. The zero-order valence-electron chi connectivity index (χ0n) is 11.3. The first-order chi connectivity index (χ1) is 8.47. The highest BCUT2D eigenvalue weighted by Gasteiger charge is 2.18. The van der Waals surface area contributed by atoms with Crippen molar-refractivity contribution in [3.05, 3.63) is 29.3 Å². The van der Waals surface area contributed by atoms with Crippen molar-refractivity contribution in [1.29, 1.82) is 0 Å². The van der Waals surface area contributed by atoms with Crippen LogP contribution in [-0.4, -0.2) is 35.0 Å². The number of benzene rings is 1. The van der Waals surface area contributed by atoms with Crippen molar-refractivity contribution in [3.8, 4) is 5.75 Å². The van der Waals surface area contributed by atoms with Gasteiger partial charge >= 0.3 is 0 Å². The molecular weight excluding hydrogens is 228 g/mol. The van der Waals surface area contributed by atoms with Crippen LogP contribution in [0.15, 0.2) is 18.2 Å². The van der Waals surface area contributed by atoms with Crippen molar-refractivity contribution < 1.29 is 9.90 Å². The molecule has 1 aromatic rings. The number of hydrogen-bond donors (Lipinski definition) is 2. The van der Waals surface area contributed by atoms with Crippen LogP contribution in [0, 0.1) is 6.92 Å². The average molecular weight is 250 g/mol. The number of carbonyl (C=O) groups excluding carboxylic acids is 1. The summed E-state index contributed by atoms with van der Waals surface area (Å²) in [5, 5.41) is 9.65. The van der Waals surface area contributed by atoms with Crippen LogP contribution < -0.4 is 5.73 Å². The molecular formula is C14H22N2O2. The Bertz CT molecular complexity index is 416. The van der Waals surface area contributed by atoms with Gasteiger partial charge in [-0.05, 0) is 51.4 Å². The molecule has 0 heterocycles. The van der Waals surface area contributed by atoms with E-state index in [1.807, 2.05) is 13.8 Å². The summed E-state index contributed by atoms with van der Waals surface area (Å²) in [4.78, 5) is 14.1. The highest BCUT2D eigenvalue weighted by Crippen LogP contribution is 2.19. The smallest absolute Gasteiger partial charge is 0.254 e. The number of hydrogen-bond acceptors (Lipinski definition) is 3. The van der Waals surface area contributed by atoms with Gasteiger partial charge in [0.2, 0.25) is 0 Å². The highest BCUT2D eigenvalue weighted by molar-refractivity contribution is 5.94. The lowest BCUT2D eigenvalue weighted by Gasteiger charge is -2.26. The van der Waals surface area contributed by atoms with Crippen LogP contribution in [0.1, 0.15) is 36.2 Å². The van der Waals surface area contributed by atoms with Crippen molar-refractivity contribution >= 4 is 5.91 Å². The summed E-state index contributed by atoms with van der Waals surface area (Å²) in [5.74, 6) is 0.0946. The minimum atomic E-state index is -0.0613. The van der Waals surface area contributed by atoms with E-state index in [2.05, 4.69) is 0 Å². The van der Waals surface area contributed by atoms with Crippen LogP contribution in [0.4, 0.5) is 0 Å². The van der Waals surface area contributed by atoms with E-state index in [-0.39, 0.29) is 17.7 Å². The predicted molar refractivity (Wildman–Crippen MR) is 72.7 cm³/mol. The molecule has 3 N–H and O–H groups in total. The molecule has 0 saturated heterocycles. The summed E-state index contributed by atoms with van der Waals surface area (Å²) in [6.07, 6.45) is 0.780. The standard InChI is InChI=1S/C14H22N2O2/c1-10(2)16(8-4-7-15)14(18)12-6-5-11(3)13(17)9-12/h5-6,9-10,17H,4,7-8,15H2,1-3H3. The molecule has 1 aromatic carbocycles. The van der Waals surface area contributed by atoms with Gasteiger partial charge in [0.1, 0.15) is 5.75 Å². The molecule has 4 nitrogen and oxygen atoms in total. The molecule has 0 atom stereocenters. The molecule has 0 saturated carbocycles. The van der Waals surface area contributed by atoms with Crippen LogP contribution in [-0.2, 0) is 0 Å². The van der Waals surface area contributed by atoms with E-state index in [1.54, 1.807) is 24.0 Å². The van der Waals surface area contributed by atoms with Gasteiger partial charge in [-0.25, -0.2) is 0 Å². The van der Waals surface area contributed by atoms with Gasteiger partial charge in [0.05, 0.1) is 0 Å². The quantitative estimate of drug-likeness (QED) is 0.838. The molecule has 1 rings (SSSR count). The maximum atomic E-state index is 12.3. The third-order valence-corrected chi connectivity index (χ3v) is 2.94. The summed E-state index contributed by atoms with van der Waals surface area (Å²) in [5.41, 5.74) is 6.77. The second kappa shape index (κ2) is 6.40. The Kier molecular flexibility index (Phi) is 5.16. The van der Waals surface area contributed by atoms with E-state index in [4.69, 9.17) is 5.73 Å². The molecule has 4 heteroatoms. The van der Waals surface area contributed by atoms with Crippen molar-refractivity contribution in [1.82, 2.24) is 4.90 Å². The Hall–Kier alpha value is -1.55. The minimum Gasteiger partial charge on any atom is -0.508 e. The molecule has 1 amide bonds. The number of carbonyl (C=O) groups is 1. The maximum absolute atomic E-state index is 12.3. The molecule has 0 bridgehead atoms. The molecule has 0 aliphatic heterocycles.